The highest BCUT2D eigenvalue weighted by Gasteiger charge is 1.70. The minimum atomic E-state index is -0.503. The van der Waals surface area contributed by atoms with Crippen LogP contribution in [-0.4, -0.2) is 13.3 Å². The summed E-state index contributed by atoms with van der Waals surface area (Å²) < 4.78 is 10.8. The van der Waals surface area contributed by atoms with E-state index in [1.54, 1.807) is 0 Å². The highest BCUT2D eigenvalue weighted by molar-refractivity contribution is 5.85. The number of rotatable bonds is 2. The standard InChI is InChI=1S/C2H6FNO.ClH/c3-1-2-5-4;/h1-2,4H2;1H. The summed E-state index contributed by atoms with van der Waals surface area (Å²) in [6.07, 6.45) is 0. The van der Waals surface area contributed by atoms with Gasteiger partial charge in [-0.25, -0.2) is 10.3 Å². The molecule has 0 spiro atoms. The zero-order chi connectivity index (χ0) is 4.12. The predicted molar refractivity (Wildman–Crippen MR) is 23.4 cm³/mol. The molecule has 0 radical (unpaired) electrons. The smallest absolute Gasteiger partial charge is 0.115 e. The second kappa shape index (κ2) is 8.94. The maximum absolute atomic E-state index is 10.8. The zero-order valence-electron chi connectivity index (χ0n) is 3.19. The molecule has 0 unspecified atom stereocenters. The fourth-order valence-electron chi connectivity index (χ4n) is 0.0445. The Hall–Kier alpha value is 0.140. The highest BCUT2D eigenvalue weighted by atomic mass is 35.5. The maximum Gasteiger partial charge on any atom is 0.115 e. The van der Waals surface area contributed by atoms with Crippen LogP contribution in [0.15, 0.2) is 0 Å². The van der Waals surface area contributed by atoms with Crippen LogP contribution in [-0.2, 0) is 4.84 Å². The van der Waals surface area contributed by atoms with E-state index in [1.807, 2.05) is 0 Å². The summed E-state index contributed by atoms with van der Waals surface area (Å²) in [5.41, 5.74) is 0. The lowest BCUT2D eigenvalue weighted by Gasteiger charge is -1.81. The van der Waals surface area contributed by atoms with Crippen molar-refractivity contribution in [3.05, 3.63) is 0 Å². The van der Waals surface area contributed by atoms with Crippen LogP contribution in [0.25, 0.3) is 0 Å². The van der Waals surface area contributed by atoms with Crippen LogP contribution in [0.2, 0.25) is 0 Å². The van der Waals surface area contributed by atoms with E-state index in [4.69, 9.17) is 0 Å². The second-order valence-electron chi connectivity index (χ2n) is 0.560. The zero-order valence-corrected chi connectivity index (χ0v) is 4.00. The Morgan fingerprint density at radius 1 is 1.67 bits per heavy atom. The number of nitrogens with two attached hydrogens (primary N) is 1. The van der Waals surface area contributed by atoms with E-state index in [0.29, 0.717) is 0 Å². The molecule has 0 aromatic rings. The molecule has 0 aliphatic carbocycles. The minimum Gasteiger partial charge on any atom is -0.302 e. The molecule has 2 N–H and O–H groups in total. The first-order valence-corrected chi connectivity index (χ1v) is 1.29. The van der Waals surface area contributed by atoms with Crippen LogP contribution >= 0.6 is 12.4 Å². The number of alkyl halides is 1. The third-order valence-corrected chi connectivity index (χ3v) is 0.195. The number of hydrogen-bond acceptors (Lipinski definition) is 2. The molecule has 0 amide bonds. The minimum absolute atomic E-state index is 0. The first kappa shape index (κ1) is 9.46. The number of halogens is 2. The summed E-state index contributed by atoms with van der Waals surface area (Å²) in [6.45, 7) is -0.503. The van der Waals surface area contributed by atoms with Gasteiger partial charge in [0.1, 0.15) is 6.67 Å². The van der Waals surface area contributed by atoms with Crippen LogP contribution in [0, 0.1) is 0 Å². The largest absolute Gasteiger partial charge is 0.302 e. The van der Waals surface area contributed by atoms with Crippen LogP contribution in [0.4, 0.5) is 4.39 Å². The van der Waals surface area contributed by atoms with Crippen LogP contribution in [0.5, 0.6) is 0 Å². The van der Waals surface area contributed by atoms with Crippen molar-refractivity contribution in [1.82, 2.24) is 0 Å². The van der Waals surface area contributed by atoms with Gasteiger partial charge in [-0.3, -0.25) is 0 Å². The fourth-order valence-corrected chi connectivity index (χ4v) is 0.0445. The van der Waals surface area contributed by atoms with E-state index in [2.05, 4.69) is 10.7 Å². The molecule has 40 valence electrons. The van der Waals surface area contributed by atoms with E-state index in [1.165, 1.54) is 0 Å². The summed E-state index contributed by atoms with van der Waals surface area (Å²) in [7, 11) is 0. The molecular weight excluding hydrogens is 108 g/mol. The summed E-state index contributed by atoms with van der Waals surface area (Å²) in [5, 5.41) is 0. The molecule has 0 aliphatic heterocycles. The van der Waals surface area contributed by atoms with Gasteiger partial charge in [-0.2, -0.15) is 0 Å². The molecule has 4 heteroatoms. The van der Waals surface area contributed by atoms with Gasteiger partial charge in [0.05, 0.1) is 6.61 Å². The van der Waals surface area contributed by atoms with Crippen molar-refractivity contribution in [1.29, 1.82) is 0 Å². The topological polar surface area (TPSA) is 35.2 Å². The van der Waals surface area contributed by atoms with Gasteiger partial charge in [0.2, 0.25) is 0 Å². The number of hydrogen-bond donors (Lipinski definition) is 1. The normalized spacial score (nSPS) is 7.00. The summed E-state index contributed by atoms with van der Waals surface area (Å²) >= 11 is 0. The highest BCUT2D eigenvalue weighted by Crippen LogP contribution is 1.61. The average Bonchev–Trinajstić information content (AvgIpc) is 1.41. The third-order valence-electron chi connectivity index (χ3n) is 0.195. The molecule has 0 heterocycles. The Bertz CT molecular complexity index is 21.0. The van der Waals surface area contributed by atoms with E-state index >= 15 is 0 Å². The molecule has 0 aromatic heterocycles. The van der Waals surface area contributed by atoms with Gasteiger partial charge in [-0.05, 0) is 0 Å². The fraction of sp³-hybridized carbons (Fsp3) is 1.00. The van der Waals surface area contributed by atoms with Crippen molar-refractivity contribution < 1.29 is 9.23 Å². The predicted octanol–water partition coefficient (Wildman–Crippen LogP) is 0.268. The lowest BCUT2D eigenvalue weighted by molar-refractivity contribution is 0.122. The monoisotopic (exact) mass is 115 g/mol. The van der Waals surface area contributed by atoms with Gasteiger partial charge >= 0.3 is 0 Å². The molecule has 0 rings (SSSR count). The van der Waals surface area contributed by atoms with E-state index in [9.17, 15) is 4.39 Å². The average molecular weight is 116 g/mol. The summed E-state index contributed by atoms with van der Waals surface area (Å²) in [4.78, 5) is 3.82. The molecule has 0 aromatic carbocycles. The lowest BCUT2D eigenvalue weighted by atomic mass is 10.8. The summed E-state index contributed by atoms with van der Waals surface area (Å²) in [6, 6.07) is 0. The Balaban J connectivity index is 0. The SMILES string of the molecule is Cl.NOCCF. The molecule has 2 nitrogen and oxygen atoms in total. The molecule has 0 atom stereocenters. The Kier molecular flexibility index (Phi) is 14.1. The Morgan fingerprint density at radius 3 is 2.17 bits per heavy atom. The van der Waals surface area contributed by atoms with E-state index in [-0.39, 0.29) is 19.0 Å². The van der Waals surface area contributed by atoms with Crippen molar-refractivity contribution in [3.8, 4) is 0 Å². The van der Waals surface area contributed by atoms with Gasteiger partial charge in [0.15, 0.2) is 0 Å². The van der Waals surface area contributed by atoms with Crippen LogP contribution in [0.3, 0.4) is 0 Å². The van der Waals surface area contributed by atoms with Gasteiger partial charge in [0.25, 0.3) is 0 Å². The van der Waals surface area contributed by atoms with Crippen molar-refractivity contribution >= 4 is 12.4 Å². The van der Waals surface area contributed by atoms with Gasteiger partial charge in [-0.15, -0.1) is 12.4 Å². The quantitative estimate of drug-likeness (QED) is 0.525. The molecule has 0 saturated heterocycles. The molecule has 0 saturated carbocycles. The lowest BCUT2D eigenvalue weighted by Crippen LogP contribution is -2.00. The van der Waals surface area contributed by atoms with Crippen LogP contribution in [0.1, 0.15) is 0 Å². The Morgan fingerprint density at radius 2 is 2.17 bits per heavy atom. The summed E-state index contributed by atoms with van der Waals surface area (Å²) in [5.74, 6) is 4.40. The van der Waals surface area contributed by atoms with Crippen LogP contribution < -0.4 is 5.90 Å². The molecule has 0 bridgehead atoms. The van der Waals surface area contributed by atoms with Gasteiger partial charge in [-0.1, -0.05) is 0 Å². The van der Waals surface area contributed by atoms with E-state index in [0.717, 1.165) is 0 Å². The second-order valence-corrected chi connectivity index (χ2v) is 0.560. The van der Waals surface area contributed by atoms with Crippen molar-refractivity contribution in [2.45, 2.75) is 0 Å². The van der Waals surface area contributed by atoms with Crippen molar-refractivity contribution in [2.75, 3.05) is 13.3 Å². The maximum atomic E-state index is 10.8. The molecule has 0 fully saturated rings. The van der Waals surface area contributed by atoms with Gasteiger partial charge in [0, 0.05) is 0 Å². The first-order chi connectivity index (χ1) is 2.41. The van der Waals surface area contributed by atoms with Gasteiger partial charge < -0.3 is 4.84 Å². The molecule has 0 aliphatic rings. The first-order valence-electron chi connectivity index (χ1n) is 1.29. The Labute approximate surface area is 41.8 Å². The van der Waals surface area contributed by atoms with Crippen molar-refractivity contribution in [2.24, 2.45) is 5.90 Å². The molecule has 6 heavy (non-hydrogen) atoms. The van der Waals surface area contributed by atoms with E-state index < -0.39 is 6.67 Å². The molecular formula is C2H7ClFNO. The van der Waals surface area contributed by atoms with Crippen molar-refractivity contribution in [3.63, 3.8) is 0 Å². The third kappa shape index (κ3) is 8.91.